The number of hydrogen-bond donors (Lipinski definition) is 2. The lowest BCUT2D eigenvalue weighted by molar-refractivity contribution is -0.137. The Kier molecular flexibility index (Phi) is 4.54. The number of hydrogen-bond acceptors (Lipinski definition) is 4. The molecular weight excluding hydrogens is 262 g/mol. The Hall–Kier alpha value is -2.12. The van der Waals surface area contributed by atoms with Gasteiger partial charge in [-0.15, -0.1) is 10.2 Å². The fourth-order valence-corrected chi connectivity index (χ4v) is 1.99. The Bertz CT molecular complexity index is 483. The van der Waals surface area contributed by atoms with Gasteiger partial charge in [0.25, 0.3) is 0 Å². The number of aromatic nitrogens is 3. The van der Waals surface area contributed by atoms with Crippen LogP contribution in [0, 0.1) is 0 Å². The van der Waals surface area contributed by atoms with Gasteiger partial charge in [0.1, 0.15) is 6.33 Å². The van der Waals surface area contributed by atoms with Crippen molar-refractivity contribution in [2.75, 3.05) is 6.54 Å². The van der Waals surface area contributed by atoms with Crippen molar-refractivity contribution in [3.05, 3.63) is 12.2 Å². The van der Waals surface area contributed by atoms with E-state index in [2.05, 4.69) is 15.5 Å². The number of nitrogens with zero attached hydrogens (tertiary/aromatic N) is 4. The highest BCUT2D eigenvalue weighted by atomic mass is 16.4. The average Bonchev–Trinajstić information content (AvgIpc) is 3.14. The van der Waals surface area contributed by atoms with Crippen LogP contribution in [0.1, 0.15) is 32.0 Å². The number of aliphatic carboxylic acids is 1. The summed E-state index contributed by atoms with van der Waals surface area (Å²) in [6, 6.07) is -0.0576. The summed E-state index contributed by atoms with van der Waals surface area (Å²) in [5, 5.41) is 19.2. The lowest BCUT2D eigenvalue weighted by Crippen LogP contribution is -2.42. The van der Waals surface area contributed by atoms with Gasteiger partial charge in [0.05, 0.1) is 13.0 Å². The van der Waals surface area contributed by atoms with E-state index in [-0.39, 0.29) is 25.0 Å². The molecule has 1 aliphatic rings. The second kappa shape index (κ2) is 6.36. The molecule has 0 saturated heterocycles. The molecule has 2 N–H and O–H groups in total. The Morgan fingerprint density at radius 2 is 2.30 bits per heavy atom. The molecule has 0 aliphatic heterocycles. The molecular formula is C12H19N5O3. The first-order valence-electron chi connectivity index (χ1n) is 6.74. The van der Waals surface area contributed by atoms with Gasteiger partial charge in [0.2, 0.25) is 0 Å². The second-order valence-corrected chi connectivity index (χ2v) is 4.76. The predicted molar refractivity (Wildman–Crippen MR) is 69.9 cm³/mol. The van der Waals surface area contributed by atoms with E-state index in [0.29, 0.717) is 12.4 Å². The van der Waals surface area contributed by atoms with Crippen molar-refractivity contribution in [3.8, 4) is 0 Å². The highest BCUT2D eigenvalue weighted by molar-refractivity contribution is 5.75. The lowest BCUT2D eigenvalue weighted by Gasteiger charge is -2.21. The fourth-order valence-electron chi connectivity index (χ4n) is 1.99. The number of aryl methyl sites for hydroxylation is 1. The van der Waals surface area contributed by atoms with Crippen LogP contribution in [0.25, 0.3) is 0 Å². The minimum absolute atomic E-state index is 0.0327. The van der Waals surface area contributed by atoms with E-state index in [1.54, 1.807) is 11.2 Å². The van der Waals surface area contributed by atoms with Gasteiger partial charge in [-0.3, -0.25) is 4.79 Å². The van der Waals surface area contributed by atoms with Crippen LogP contribution >= 0.6 is 0 Å². The SMILES string of the molecule is CCn1cnnc1CNC(=O)N(CCC(=O)O)C1CC1. The third kappa shape index (κ3) is 3.69. The number of rotatable bonds is 7. The quantitative estimate of drug-likeness (QED) is 0.755. The smallest absolute Gasteiger partial charge is 0.318 e. The molecule has 1 fully saturated rings. The number of urea groups is 1. The highest BCUT2D eigenvalue weighted by Crippen LogP contribution is 2.26. The van der Waals surface area contributed by atoms with Crippen LogP contribution < -0.4 is 5.32 Å². The molecule has 8 heteroatoms. The molecule has 1 heterocycles. The number of nitrogens with one attached hydrogen (secondary N) is 1. The number of amides is 2. The molecule has 1 aromatic heterocycles. The molecule has 8 nitrogen and oxygen atoms in total. The number of carbonyl (C=O) groups is 2. The van der Waals surface area contributed by atoms with E-state index >= 15 is 0 Å². The van der Waals surface area contributed by atoms with E-state index in [1.807, 2.05) is 11.5 Å². The van der Waals surface area contributed by atoms with Crippen molar-refractivity contribution in [2.24, 2.45) is 0 Å². The maximum atomic E-state index is 12.1. The summed E-state index contributed by atoms with van der Waals surface area (Å²) >= 11 is 0. The molecule has 0 aromatic carbocycles. The van der Waals surface area contributed by atoms with Crippen molar-refractivity contribution < 1.29 is 14.7 Å². The van der Waals surface area contributed by atoms with Crippen LogP contribution in [0.15, 0.2) is 6.33 Å². The normalized spacial score (nSPS) is 14.1. The van der Waals surface area contributed by atoms with Crippen molar-refractivity contribution in [2.45, 2.75) is 45.3 Å². The molecule has 1 saturated carbocycles. The Morgan fingerprint density at radius 3 is 2.90 bits per heavy atom. The zero-order chi connectivity index (χ0) is 14.5. The highest BCUT2D eigenvalue weighted by Gasteiger charge is 2.32. The Morgan fingerprint density at radius 1 is 1.55 bits per heavy atom. The molecule has 0 radical (unpaired) electrons. The zero-order valence-corrected chi connectivity index (χ0v) is 11.4. The number of carboxylic acids is 1. The Balaban J connectivity index is 1.86. The van der Waals surface area contributed by atoms with Crippen LogP contribution in [0.2, 0.25) is 0 Å². The van der Waals surface area contributed by atoms with Gasteiger partial charge < -0.3 is 19.9 Å². The maximum absolute atomic E-state index is 12.1. The summed E-state index contributed by atoms with van der Waals surface area (Å²) in [6.07, 6.45) is 3.47. The molecule has 20 heavy (non-hydrogen) atoms. The molecule has 0 unspecified atom stereocenters. The molecule has 0 atom stereocenters. The standard InChI is InChI=1S/C12H19N5O3/c1-2-16-8-14-15-10(16)7-13-12(20)17(9-3-4-9)6-5-11(18)19/h8-9H,2-7H2,1H3,(H,13,20)(H,18,19). The van der Waals surface area contributed by atoms with Gasteiger partial charge in [-0.25, -0.2) is 4.79 Å². The number of carboxylic acid groups (broad SMARTS) is 1. The molecule has 2 amide bonds. The maximum Gasteiger partial charge on any atom is 0.318 e. The third-order valence-electron chi connectivity index (χ3n) is 3.25. The van der Waals surface area contributed by atoms with E-state index in [4.69, 9.17) is 5.11 Å². The van der Waals surface area contributed by atoms with E-state index < -0.39 is 5.97 Å². The minimum Gasteiger partial charge on any atom is -0.481 e. The predicted octanol–water partition coefficient (Wildman–Crippen LogP) is 0.447. The molecule has 0 spiro atoms. The van der Waals surface area contributed by atoms with Crippen molar-refractivity contribution in [1.29, 1.82) is 0 Å². The molecule has 1 aliphatic carbocycles. The van der Waals surface area contributed by atoms with Crippen LogP contribution in [-0.2, 0) is 17.9 Å². The minimum atomic E-state index is -0.894. The van der Waals surface area contributed by atoms with Gasteiger partial charge in [-0.2, -0.15) is 0 Å². The number of carbonyl (C=O) groups excluding carboxylic acids is 1. The molecule has 0 bridgehead atoms. The molecule has 110 valence electrons. The van der Waals surface area contributed by atoms with Gasteiger partial charge >= 0.3 is 12.0 Å². The summed E-state index contributed by atoms with van der Waals surface area (Å²) in [5.41, 5.74) is 0. The molecule has 2 rings (SSSR count). The summed E-state index contributed by atoms with van der Waals surface area (Å²) in [4.78, 5) is 24.3. The van der Waals surface area contributed by atoms with Crippen LogP contribution in [-0.4, -0.2) is 49.4 Å². The third-order valence-corrected chi connectivity index (χ3v) is 3.25. The summed E-state index contributed by atoms with van der Waals surface area (Å²) in [7, 11) is 0. The van der Waals surface area contributed by atoms with Gasteiger partial charge in [0, 0.05) is 19.1 Å². The van der Waals surface area contributed by atoms with Gasteiger partial charge in [-0.05, 0) is 19.8 Å². The first kappa shape index (κ1) is 14.3. The largest absolute Gasteiger partial charge is 0.481 e. The van der Waals surface area contributed by atoms with Crippen molar-refractivity contribution in [1.82, 2.24) is 25.0 Å². The van der Waals surface area contributed by atoms with Crippen LogP contribution in [0.5, 0.6) is 0 Å². The first-order valence-corrected chi connectivity index (χ1v) is 6.74. The van der Waals surface area contributed by atoms with E-state index in [1.165, 1.54) is 0 Å². The summed E-state index contributed by atoms with van der Waals surface area (Å²) in [5.74, 6) is -0.205. The monoisotopic (exact) mass is 281 g/mol. The summed E-state index contributed by atoms with van der Waals surface area (Å²) < 4.78 is 1.85. The molecule has 1 aromatic rings. The fraction of sp³-hybridized carbons (Fsp3) is 0.667. The van der Waals surface area contributed by atoms with Gasteiger partial charge in [-0.1, -0.05) is 0 Å². The first-order chi connectivity index (χ1) is 9.61. The van der Waals surface area contributed by atoms with Crippen molar-refractivity contribution in [3.63, 3.8) is 0 Å². The van der Waals surface area contributed by atoms with Gasteiger partial charge in [0.15, 0.2) is 5.82 Å². The second-order valence-electron chi connectivity index (χ2n) is 4.76. The zero-order valence-electron chi connectivity index (χ0n) is 11.4. The topological polar surface area (TPSA) is 100 Å². The lowest BCUT2D eigenvalue weighted by atomic mass is 10.4. The van der Waals surface area contributed by atoms with Crippen LogP contribution in [0.4, 0.5) is 4.79 Å². The van der Waals surface area contributed by atoms with E-state index in [0.717, 1.165) is 19.4 Å². The Labute approximate surface area is 116 Å². The van der Waals surface area contributed by atoms with Crippen LogP contribution in [0.3, 0.4) is 0 Å². The average molecular weight is 281 g/mol. The van der Waals surface area contributed by atoms with Crippen molar-refractivity contribution >= 4 is 12.0 Å². The summed E-state index contributed by atoms with van der Waals surface area (Å²) in [6.45, 7) is 3.25. The van der Waals surface area contributed by atoms with E-state index in [9.17, 15) is 9.59 Å².